The van der Waals surface area contributed by atoms with E-state index in [9.17, 15) is 4.79 Å². The molecule has 1 N–H and O–H groups in total. The number of likely N-dealkylation sites (tertiary alicyclic amines) is 1. The van der Waals surface area contributed by atoms with Crippen molar-refractivity contribution in [2.24, 2.45) is 5.92 Å². The summed E-state index contributed by atoms with van der Waals surface area (Å²) in [6.45, 7) is 6.24. The van der Waals surface area contributed by atoms with Crippen LogP contribution in [0.5, 0.6) is 0 Å². The van der Waals surface area contributed by atoms with Crippen molar-refractivity contribution in [3.63, 3.8) is 0 Å². The highest BCUT2D eigenvalue weighted by Crippen LogP contribution is 2.20. The number of amides is 1. The first-order valence-electron chi connectivity index (χ1n) is 7.03. The Kier molecular flexibility index (Phi) is 4.89. The molecule has 2 atom stereocenters. The quantitative estimate of drug-likeness (QED) is 0.902. The Morgan fingerprint density at radius 1 is 1.55 bits per heavy atom. The summed E-state index contributed by atoms with van der Waals surface area (Å²) in [5, 5.41) is 3.06. The average molecular weight is 278 g/mol. The van der Waals surface area contributed by atoms with Crippen molar-refractivity contribution in [3.8, 4) is 0 Å². The summed E-state index contributed by atoms with van der Waals surface area (Å²) in [6.07, 6.45) is 4.18. The van der Waals surface area contributed by atoms with E-state index >= 15 is 0 Å². The fourth-order valence-electron chi connectivity index (χ4n) is 2.42. The second-order valence-electron chi connectivity index (χ2n) is 5.11. The van der Waals surface area contributed by atoms with E-state index in [1.54, 1.807) is 18.2 Å². The summed E-state index contributed by atoms with van der Waals surface area (Å²) in [6, 6.07) is 0. The number of carbonyl (C=O) groups excluding carboxylic acids is 1. The maximum atomic E-state index is 12.5. The minimum absolute atomic E-state index is 0.0776. The highest BCUT2D eigenvalue weighted by Gasteiger charge is 2.29. The molecule has 1 amide bonds. The first-order valence-corrected chi connectivity index (χ1v) is 7.03. The molecule has 2 unspecified atom stereocenters. The first kappa shape index (κ1) is 14.7. The molecule has 1 aromatic rings. The van der Waals surface area contributed by atoms with Crippen LogP contribution in [0.3, 0.4) is 0 Å². The summed E-state index contributed by atoms with van der Waals surface area (Å²) < 4.78 is 5.44. The molecule has 0 aliphatic carbocycles. The molecule has 1 saturated heterocycles. The maximum absolute atomic E-state index is 12.5. The highest BCUT2D eigenvalue weighted by molar-refractivity contribution is 5.92. The highest BCUT2D eigenvalue weighted by atomic mass is 16.5. The van der Waals surface area contributed by atoms with Gasteiger partial charge in [0, 0.05) is 26.7 Å². The molecule has 1 aliphatic heterocycles. The Morgan fingerprint density at radius 2 is 2.35 bits per heavy atom. The molecule has 110 valence electrons. The van der Waals surface area contributed by atoms with Gasteiger partial charge in [-0.05, 0) is 19.3 Å². The molecule has 1 aromatic heterocycles. The molecule has 0 bridgehead atoms. The van der Waals surface area contributed by atoms with Gasteiger partial charge >= 0.3 is 0 Å². The van der Waals surface area contributed by atoms with Crippen LogP contribution in [0.1, 0.15) is 30.8 Å². The zero-order chi connectivity index (χ0) is 14.5. The third kappa shape index (κ3) is 3.25. The maximum Gasteiger partial charge on any atom is 0.274 e. The van der Waals surface area contributed by atoms with Crippen molar-refractivity contribution in [2.45, 2.75) is 26.4 Å². The van der Waals surface area contributed by atoms with E-state index in [4.69, 9.17) is 4.74 Å². The number of nitrogens with one attached hydrogen (secondary N) is 1. The molecule has 0 aromatic carbocycles. The number of ether oxygens (including phenoxy) is 1. The van der Waals surface area contributed by atoms with Crippen molar-refractivity contribution in [1.29, 1.82) is 0 Å². The number of piperidine rings is 1. The lowest BCUT2D eigenvalue weighted by molar-refractivity contribution is -0.00178. The van der Waals surface area contributed by atoms with Crippen molar-refractivity contribution in [3.05, 3.63) is 18.1 Å². The normalized spacial score (nSPS) is 22.6. The topological polar surface area (TPSA) is 67.4 Å². The van der Waals surface area contributed by atoms with E-state index in [1.807, 2.05) is 6.92 Å². The van der Waals surface area contributed by atoms with Gasteiger partial charge in [0.05, 0.1) is 18.5 Å². The number of hydrogen-bond acceptors (Lipinski definition) is 5. The number of methoxy groups -OCH3 is 1. The zero-order valence-electron chi connectivity index (χ0n) is 12.3. The molecule has 0 radical (unpaired) electrons. The summed E-state index contributed by atoms with van der Waals surface area (Å²) >= 11 is 0. The number of anilines is 1. The Balaban J connectivity index is 2.09. The molecule has 6 heteroatoms. The van der Waals surface area contributed by atoms with E-state index in [-0.39, 0.29) is 12.0 Å². The summed E-state index contributed by atoms with van der Waals surface area (Å²) in [7, 11) is 1.70. The van der Waals surface area contributed by atoms with E-state index in [1.165, 1.54) is 6.20 Å². The van der Waals surface area contributed by atoms with Crippen molar-refractivity contribution in [2.75, 3.05) is 32.1 Å². The summed E-state index contributed by atoms with van der Waals surface area (Å²) in [4.78, 5) is 22.6. The standard InChI is InChI=1S/C14H22N4O2/c1-4-16-13-8-15-7-11(17-13)14(19)18-6-5-10(2)12(9-18)20-3/h7-8,10,12H,4-6,9H2,1-3H3,(H,16,17). The van der Waals surface area contributed by atoms with Crippen molar-refractivity contribution < 1.29 is 9.53 Å². The number of nitrogens with zero attached hydrogens (tertiary/aromatic N) is 3. The minimum atomic E-state index is -0.0776. The van der Waals surface area contributed by atoms with Crippen molar-refractivity contribution >= 4 is 11.7 Å². The Bertz CT molecular complexity index is 466. The molecule has 0 saturated carbocycles. The Labute approximate surface area is 119 Å². The Morgan fingerprint density at radius 3 is 3.05 bits per heavy atom. The van der Waals surface area contributed by atoms with Crippen LogP contribution in [0.15, 0.2) is 12.4 Å². The first-order chi connectivity index (χ1) is 9.65. The Hall–Kier alpha value is -1.69. The second-order valence-corrected chi connectivity index (χ2v) is 5.11. The van der Waals surface area contributed by atoms with Gasteiger partial charge in [-0.3, -0.25) is 9.78 Å². The fourth-order valence-corrected chi connectivity index (χ4v) is 2.42. The van der Waals surface area contributed by atoms with Crippen LogP contribution in [0, 0.1) is 5.92 Å². The number of carbonyl (C=O) groups is 1. The molecule has 6 nitrogen and oxygen atoms in total. The number of rotatable bonds is 4. The van der Waals surface area contributed by atoms with Crippen LogP contribution in [-0.4, -0.2) is 53.6 Å². The smallest absolute Gasteiger partial charge is 0.274 e. The molecular weight excluding hydrogens is 256 g/mol. The van der Waals surface area contributed by atoms with Crippen molar-refractivity contribution in [1.82, 2.24) is 14.9 Å². The number of aromatic nitrogens is 2. The fraction of sp³-hybridized carbons (Fsp3) is 0.643. The van der Waals surface area contributed by atoms with Gasteiger partial charge in [-0.2, -0.15) is 0 Å². The second kappa shape index (κ2) is 6.65. The van der Waals surface area contributed by atoms with E-state index in [0.717, 1.165) is 19.5 Å². The van der Waals surface area contributed by atoms with E-state index in [0.29, 0.717) is 24.0 Å². The van der Waals surface area contributed by atoms with Crippen LogP contribution in [0.4, 0.5) is 5.82 Å². The molecule has 1 fully saturated rings. The average Bonchev–Trinajstić information content (AvgIpc) is 2.48. The molecule has 1 aliphatic rings. The predicted molar refractivity (Wildman–Crippen MR) is 76.7 cm³/mol. The molecular formula is C14H22N4O2. The SMILES string of the molecule is CCNc1cncc(C(=O)N2CCC(C)C(OC)C2)n1. The van der Waals surface area contributed by atoms with E-state index < -0.39 is 0 Å². The molecule has 0 spiro atoms. The lowest BCUT2D eigenvalue weighted by Crippen LogP contribution is -2.46. The van der Waals surface area contributed by atoms with Crippen LogP contribution < -0.4 is 5.32 Å². The van der Waals surface area contributed by atoms with Crippen LogP contribution in [0.2, 0.25) is 0 Å². The minimum Gasteiger partial charge on any atom is -0.379 e. The van der Waals surface area contributed by atoms with Crippen LogP contribution >= 0.6 is 0 Å². The van der Waals surface area contributed by atoms with Gasteiger partial charge in [0.1, 0.15) is 11.5 Å². The molecule has 20 heavy (non-hydrogen) atoms. The largest absolute Gasteiger partial charge is 0.379 e. The lowest BCUT2D eigenvalue weighted by Gasteiger charge is -2.36. The van der Waals surface area contributed by atoms with Gasteiger partial charge in [0.25, 0.3) is 5.91 Å². The number of hydrogen-bond donors (Lipinski definition) is 1. The van der Waals surface area contributed by atoms with Gasteiger partial charge in [0.15, 0.2) is 0 Å². The van der Waals surface area contributed by atoms with E-state index in [2.05, 4.69) is 22.2 Å². The van der Waals surface area contributed by atoms with Crippen LogP contribution in [0.25, 0.3) is 0 Å². The summed E-state index contributed by atoms with van der Waals surface area (Å²) in [5.74, 6) is 1.03. The monoisotopic (exact) mass is 278 g/mol. The molecule has 2 heterocycles. The van der Waals surface area contributed by atoms with Gasteiger partial charge in [-0.15, -0.1) is 0 Å². The third-order valence-corrected chi connectivity index (χ3v) is 3.69. The predicted octanol–water partition coefficient (Wildman–Crippen LogP) is 1.41. The lowest BCUT2D eigenvalue weighted by atomic mass is 9.95. The van der Waals surface area contributed by atoms with Gasteiger partial charge in [0.2, 0.25) is 0 Å². The van der Waals surface area contributed by atoms with Crippen LogP contribution in [-0.2, 0) is 4.74 Å². The third-order valence-electron chi connectivity index (χ3n) is 3.69. The van der Waals surface area contributed by atoms with Gasteiger partial charge in [-0.25, -0.2) is 4.98 Å². The molecule has 2 rings (SSSR count). The summed E-state index contributed by atoms with van der Waals surface area (Å²) in [5.41, 5.74) is 0.382. The zero-order valence-corrected chi connectivity index (χ0v) is 12.3. The van der Waals surface area contributed by atoms with Gasteiger partial charge < -0.3 is 15.0 Å². The van der Waals surface area contributed by atoms with Gasteiger partial charge in [-0.1, -0.05) is 6.92 Å².